The summed E-state index contributed by atoms with van der Waals surface area (Å²) in [4.78, 5) is 26.1. The minimum absolute atomic E-state index is 0.00643. The SMILES string of the molecule is Cc1nc(S/C(=C\c2ccc(-c3ccc(C(=O)[O-])c(Cl)c3)o2)C(=O)[O-])n[nH]1. The number of aromatic nitrogens is 3. The largest absolute Gasteiger partial charge is 0.545 e. The zero-order valence-electron chi connectivity index (χ0n) is 13.7. The normalized spacial score (nSPS) is 11.6. The Morgan fingerprint density at radius 1 is 1.26 bits per heavy atom. The molecule has 0 saturated carbocycles. The van der Waals surface area contributed by atoms with Crippen molar-refractivity contribution in [3.63, 3.8) is 0 Å². The van der Waals surface area contributed by atoms with E-state index in [9.17, 15) is 19.8 Å². The first-order valence-electron chi connectivity index (χ1n) is 7.44. The van der Waals surface area contributed by atoms with Crippen molar-refractivity contribution in [3.8, 4) is 11.3 Å². The third-order valence-corrected chi connectivity index (χ3v) is 4.54. The number of carboxylic acid groups (broad SMARTS) is 2. The van der Waals surface area contributed by atoms with Gasteiger partial charge < -0.3 is 24.2 Å². The van der Waals surface area contributed by atoms with E-state index in [2.05, 4.69) is 15.2 Å². The number of aromatic amines is 1. The summed E-state index contributed by atoms with van der Waals surface area (Å²) < 4.78 is 5.60. The summed E-state index contributed by atoms with van der Waals surface area (Å²) in [5, 5.41) is 29.0. The number of aromatic carboxylic acids is 1. The average Bonchev–Trinajstić information content (AvgIpc) is 3.23. The Balaban J connectivity index is 1.87. The fourth-order valence-electron chi connectivity index (χ4n) is 2.14. The standard InChI is InChI=1S/C17H12ClN3O5S/c1-8-19-17(21-20-8)27-14(16(24)25)7-10-3-5-13(26-10)9-2-4-11(15(22)23)12(18)6-9/h2-7H,1H3,(H,22,23)(H,24,25)(H,19,20,21)/p-2/b14-7-. The third-order valence-electron chi connectivity index (χ3n) is 3.35. The first kappa shape index (κ1) is 18.7. The van der Waals surface area contributed by atoms with Gasteiger partial charge in [-0.1, -0.05) is 23.7 Å². The molecule has 3 aromatic rings. The molecule has 0 saturated heterocycles. The molecule has 138 valence electrons. The van der Waals surface area contributed by atoms with Crippen LogP contribution >= 0.6 is 23.4 Å². The smallest absolute Gasteiger partial charge is 0.213 e. The Hall–Kier alpha value is -3.04. The minimum atomic E-state index is -1.40. The topological polar surface area (TPSA) is 135 Å². The molecule has 1 N–H and O–H groups in total. The van der Waals surface area contributed by atoms with Crippen molar-refractivity contribution in [2.24, 2.45) is 0 Å². The van der Waals surface area contributed by atoms with E-state index in [0.717, 1.165) is 11.8 Å². The molecule has 0 fully saturated rings. The predicted octanol–water partition coefficient (Wildman–Crippen LogP) is 1.27. The van der Waals surface area contributed by atoms with Crippen LogP contribution in [0.5, 0.6) is 0 Å². The molecule has 0 radical (unpaired) electrons. The molecule has 0 aliphatic heterocycles. The number of carbonyl (C=O) groups excluding carboxylic acids is 2. The van der Waals surface area contributed by atoms with Gasteiger partial charge in [-0.3, -0.25) is 5.10 Å². The van der Waals surface area contributed by atoms with Gasteiger partial charge in [-0.2, -0.15) is 0 Å². The monoisotopic (exact) mass is 403 g/mol. The van der Waals surface area contributed by atoms with Gasteiger partial charge >= 0.3 is 0 Å². The highest BCUT2D eigenvalue weighted by Crippen LogP contribution is 2.30. The maximum absolute atomic E-state index is 11.4. The van der Waals surface area contributed by atoms with Crippen molar-refractivity contribution >= 4 is 41.4 Å². The van der Waals surface area contributed by atoms with Gasteiger partial charge in [0, 0.05) is 16.0 Å². The summed E-state index contributed by atoms with van der Waals surface area (Å²) in [6.07, 6.45) is 1.28. The molecule has 0 spiro atoms. The summed E-state index contributed by atoms with van der Waals surface area (Å²) in [5.74, 6) is -1.60. The van der Waals surface area contributed by atoms with Crippen LogP contribution in [0.1, 0.15) is 21.9 Å². The second kappa shape index (κ2) is 7.68. The quantitative estimate of drug-likeness (QED) is 0.480. The number of hydrogen-bond acceptors (Lipinski definition) is 8. The lowest BCUT2D eigenvalue weighted by Crippen LogP contribution is -2.23. The van der Waals surface area contributed by atoms with E-state index < -0.39 is 11.9 Å². The predicted molar refractivity (Wildman–Crippen MR) is 93.4 cm³/mol. The average molecular weight is 404 g/mol. The highest BCUT2D eigenvalue weighted by Gasteiger charge is 2.11. The number of nitrogens with zero attached hydrogens (tertiary/aromatic N) is 2. The van der Waals surface area contributed by atoms with Gasteiger partial charge in [0.25, 0.3) is 0 Å². The van der Waals surface area contributed by atoms with E-state index >= 15 is 0 Å². The minimum Gasteiger partial charge on any atom is -0.545 e. The molecule has 0 aliphatic rings. The fraction of sp³-hybridized carbons (Fsp3) is 0.0588. The molecule has 0 amide bonds. The van der Waals surface area contributed by atoms with Gasteiger partial charge in [-0.05, 0) is 43.0 Å². The molecule has 0 atom stereocenters. The Morgan fingerprint density at radius 3 is 2.63 bits per heavy atom. The van der Waals surface area contributed by atoms with Crippen LogP contribution in [0.15, 0.2) is 44.8 Å². The zero-order chi connectivity index (χ0) is 19.6. The lowest BCUT2D eigenvalue weighted by molar-refractivity contribution is -0.298. The van der Waals surface area contributed by atoms with Crippen molar-refractivity contribution in [2.45, 2.75) is 12.1 Å². The fourth-order valence-corrected chi connectivity index (χ4v) is 3.13. The van der Waals surface area contributed by atoms with Gasteiger partial charge in [-0.15, -0.1) is 5.10 Å². The van der Waals surface area contributed by atoms with Crippen molar-refractivity contribution in [1.82, 2.24) is 15.2 Å². The third kappa shape index (κ3) is 4.39. The van der Waals surface area contributed by atoms with E-state index in [0.29, 0.717) is 17.1 Å². The molecule has 1 aromatic carbocycles. The molecular weight excluding hydrogens is 394 g/mol. The van der Waals surface area contributed by atoms with E-state index in [1.165, 1.54) is 24.3 Å². The number of thioether (sulfide) groups is 1. The van der Waals surface area contributed by atoms with Crippen LogP contribution in [0.25, 0.3) is 17.4 Å². The summed E-state index contributed by atoms with van der Waals surface area (Å²) in [7, 11) is 0. The van der Waals surface area contributed by atoms with Gasteiger partial charge in [0.1, 0.15) is 17.3 Å². The molecule has 2 aromatic heterocycles. The Bertz CT molecular complexity index is 1060. The Labute approximate surface area is 161 Å². The summed E-state index contributed by atoms with van der Waals surface area (Å²) in [5.41, 5.74) is 0.390. The van der Waals surface area contributed by atoms with Gasteiger partial charge in [0.05, 0.1) is 17.0 Å². The summed E-state index contributed by atoms with van der Waals surface area (Å²) in [6, 6.07) is 7.39. The number of nitrogens with one attached hydrogen (secondary N) is 1. The number of rotatable bonds is 6. The number of carboxylic acids is 2. The van der Waals surface area contributed by atoms with Crippen molar-refractivity contribution in [2.75, 3.05) is 0 Å². The molecule has 0 aliphatic carbocycles. The number of hydrogen-bond donors (Lipinski definition) is 1. The van der Waals surface area contributed by atoms with Crippen LogP contribution in [0.4, 0.5) is 0 Å². The molecule has 3 rings (SSSR count). The number of furan rings is 1. The van der Waals surface area contributed by atoms with E-state index in [1.807, 2.05) is 0 Å². The lowest BCUT2D eigenvalue weighted by atomic mass is 10.1. The Morgan fingerprint density at radius 2 is 2.04 bits per heavy atom. The first-order chi connectivity index (χ1) is 12.8. The molecule has 10 heteroatoms. The number of aryl methyl sites for hydroxylation is 1. The van der Waals surface area contributed by atoms with E-state index in [4.69, 9.17) is 16.0 Å². The lowest BCUT2D eigenvalue weighted by Gasteiger charge is -2.06. The first-order valence-corrected chi connectivity index (χ1v) is 8.64. The van der Waals surface area contributed by atoms with Gasteiger partial charge in [0.2, 0.25) is 5.16 Å². The van der Waals surface area contributed by atoms with Crippen molar-refractivity contribution < 1.29 is 24.2 Å². The molecule has 0 unspecified atom stereocenters. The van der Waals surface area contributed by atoms with Gasteiger partial charge in [0.15, 0.2) is 0 Å². The number of benzene rings is 1. The van der Waals surface area contributed by atoms with E-state index in [-0.39, 0.29) is 26.4 Å². The maximum atomic E-state index is 11.4. The van der Waals surface area contributed by atoms with Crippen molar-refractivity contribution in [1.29, 1.82) is 0 Å². The molecule has 27 heavy (non-hydrogen) atoms. The van der Waals surface area contributed by atoms with Crippen LogP contribution in [-0.2, 0) is 4.79 Å². The van der Waals surface area contributed by atoms with Crippen LogP contribution < -0.4 is 10.2 Å². The number of aliphatic carboxylic acids is 1. The maximum Gasteiger partial charge on any atom is 0.213 e. The van der Waals surface area contributed by atoms with Crippen molar-refractivity contribution in [3.05, 3.63) is 57.4 Å². The second-order valence-electron chi connectivity index (χ2n) is 5.29. The van der Waals surface area contributed by atoms with E-state index in [1.54, 1.807) is 19.1 Å². The zero-order valence-corrected chi connectivity index (χ0v) is 15.3. The molecule has 0 bridgehead atoms. The molecular formula is C17H10ClN3O5S-2. The highest BCUT2D eigenvalue weighted by molar-refractivity contribution is 8.04. The summed E-state index contributed by atoms with van der Waals surface area (Å²) in [6.45, 7) is 1.69. The van der Waals surface area contributed by atoms with Crippen LogP contribution in [0.3, 0.4) is 0 Å². The highest BCUT2D eigenvalue weighted by atomic mass is 35.5. The number of carbonyl (C=O) groups is 2. The second-order valence-corrected chi connectivity index (χ2v) is 6.70. The van der Waals surface area contributed by atoms with Crippen LogP contribution in [-0.4, -0.2) is 27.1 Å². The molecule has 2 heterocycles. The van der Waals surface area contributed by atoms with Crippen LogP contribution in [0.2, 0.25) is 5.02 Å². The number of halogens is 1. The number of H-pyrrole nitrogens is 1. The van der Waals surface area contributed by atoms with Crippen LogP contribution in [0, 0.1) is 6.92 Å². The van der Waals surface area contributed by atoms with Gasteiger partial charge in [-0.25, -0.2) is 4.98 Å². The Kier molecular flexibility index (Phi) is 5.33. The molecule has 8 nitrogen and oxygen atoms in total. The summed E-state index contributed by atoms with van der Waals surface area (Å²) >= 11 is 6.74.